The number of hydrogen-bond donors (Lipinski definition) is 0. The van der Waals surface area contributed by atoms with Crippen molar-refractivity contribution in [2.45, 2.75) is 105 Å². The largest absolute Gasteiger partial charge is 0.494 e. The number of likely N-dealkylation sites (N-methyl/N-ethyl adjacent to an activating group) is 1. The molecule has 0 aliphatic carbocycles. The van der Waals surface area contributed by atoms with E-state index in [2.05, 4.69) is 0 Å². The van der Waals surface area contributed by atoms with E-state index in [4.69, 9.17) is 14.0 Å². The maximum Gasteiger partial charge on any atom is 0.494 e. The van der Waals surface area contributed by atoms with Crippen molar-refractivity contribution < 1.29 is 23.6 Å². The predicted octanol–water partition coefficient (Wildman–Crippen LogP) is 3.98. The van der Waals surface area contributed by atoms with Crippen LogP contribution in [-0.4, -0.2) is 65.0 Å². The molecule has 0 aromatic heterocycles. The summed E-state index contributed by atoms with van der Waals surface area (Å²) in [4.78, 5) is 29.8. The van der Waals surface area contributed by atoms with Gasteiger partial charge in [0.05, 0.1) is 11.2 Å². The number of rotatable bonds is 3. The number of carbonyl (C=O) groups excluding carboxylic acids is 2. The van der Waals surface area contributed by atoms with Crippen LogP contribution in [-0.2, 0) is 25.3 Å². The van der Waals surface area contributed by atoms with Crippen LogP contribution in [0.3, 0.4) is 0 Å². The van der Waals surface area contributed by atoms with Crippen molar-refractivity contribution in [3.8, 4) is 0 Å². The van der Waals surface area contributed by atoms with E-state index in [9.17, 15) is 9.59 Å². The summed E-state index contributed by atoms with van der Waals surface area (Å²) in [6, 6.07) is 7.27. The van der Waals surface area contributed by atoms with Crippen LogP contribution >= 0.6 is 0 Å². The topological polar surface area (TPSA) is 68.3 Å². The van der Waals surface area contributed by atoms with Crippen LogP contribution < -0.4 is 5.46 Å². The van der Waals surface area contributed by atoms with Gasteiger partial charge in [-0.3, -0.25) is 9.69 Å². The van der Waals surface area contributed by atoms with Gasteiger partial charge in [-0.2, -0.15) is 0 Å². The number of hydrogen-bond acceptors (Lipinski definition) is 5. The minimum Gasteiger partial charge on any atom is -0.444 e. The quantitative estimate of drug-likeness (QED) is 0.623. The lowest BCUT2D eigenvalue weighted by atomic mass is 9.78. The molecule has 2 saturated heterocycles. The molecule has 3 rings (SSSR count). The van der Waals surface area contributed by atoms with E-state index in [1.54, 1.807) is 16.8 Å². The number of amides is 2. The van der Waals surface area contributed by atoms with E-state index in [1.807, 2.05) is 93.5 Å². The first-order chi connectivity index (χ1) is 15.3. The molecule has 2 amide bonds. The van der Waals surface area contributed by atoms with Crippen LogP contribution in [0.4, 0.5) is 4.79 Å². The van der Waals surface area contributed by atoms with E-state index in [0.717, 1.165) is 11.0 Å². The molecule has 2 aliphatic heterocycles. The van der Waals surface area contributed by atoms with E-state index in [0.29, 0.717) is 6.42 Å². The molecule has 0 saturated carbocycles. The molecule has 7 nitrogen and oxygen atoms in total. The molecule has 1 aromatic carbocycles. The molecule has 0 spiro atoms. The van der Waals surface area contributed by atoms with Crippen LogP contribution in [0.2, 0.25) is 0 Å². The molecular formula is C26H41BN2O5. The molecule has 0 radical (unpaired) electrons. The van der Waals surface area contributed by atoms with E-state index in [-0.39, 0.29) is 11.3 Å². The first-order valence-electron chi connectivity index (χ1n) is 12.1. The Morgan fingerprint density at radius 3 is 1.94 bits per heavy atom. The first-order valence-corrected chi connectivity index (χ1v) is 12.1. The Labute approximate surface area is 205 Å². The zero-order valence-corrected chi connectivity index (χ0v) is 22.7. The van der Waals surface area contributed by atoms with Crippen LogP contribution in [0.15, 0.2) is 24.3 Å². The number of ether oxygens (including phenoxy) is 1. The smallest absolute Gasteiger partial charge is 0.444 e. The van der Waals surface area contributed by atoms with Crippen molar-refractivity contribution >= 4 is 24.6 Å². The summed E-state index contributed by atoms with van der Waals surface area (Å²) in [7, 11) is 1.32. The van der Waals surface area contributed by atoms with Gasteiger partial charge in [0, 0.05) is 18.9 Å². The lowest BCUT2D eigenvalue weighted by Crippen LogP contribution is -2.52. The minimum absolute atomic E-state index is 0.0826. The number of benzene rings is 1. The van der Waals surface area contributed by atoms with Crippen LogP contribution in [0.25, 0.3) is 0 Å². The number of carbonyl (C=O) groups is 2. The Morgan fingerprint density at radius 1 is 1.00 bits per heavy atom. The van der Waals surface area contributed by atoms with Gasteiger partial charge in [-0.15, -0.1) is 0 Å². The third-order valence-corrected chi connectivity index (χ3v) is 6.91. The first kappa shape index (κ1) is 26.5. The molecule has 0 unspecified atom stereocenters. The fourth-order valence-corrected chi connectivity index (χ4v) is 4.57. The highest BCUT2D eigenvalue weighted by Crippen LogP contribution is 2.37. The van der Waals surface area contributed by atoms with Crippen LogP contribution in [0.5, 0.6) is 0 Å². The average molecular weight is 472 g/mol. The van der Waals surface area contributed by atoms with Crippen LogP contribution in [0, 0.1) is 5.41 Å². The van der Waals surface area contributed by atoms with Crippen molar-refractivity contribution in [3.63, 3.8) is 0 Å². The fourth-order valence-electron chi connectivity index (χ4n) is 4.57. The van der Waals surface area contributed by atoms with E-state index < -0.39 is 42.2 Å². The Balaban J connectivity index is 1.85. The molecule has 188 valence electrons. The molecule has 2 fully saturated rings. The summed E-state index contributed by atoms with van der Waals surface area (Å²) in [6.45, 7) is 19.7. The Hall–Kier alpha value is -2.06. The lowest BCUT2D eigenvalue weighted by molar-refractivity contribution is -0.129. The van der Waals surface area contributed by atoms with Gasteiger partial charge in [-0.05, 0) is 59.5 Å². The van der Waals surface area contributed by atoms with Gasteiger partial charge >= 0.3 is 13.2 Å². The molecule has 34 heavy (non-hydrogen) atoms. The second-order valence-corrected chi connectivity index (χ2v) is 12.6. The summed E-state index contributed by atoms with van der Waals surface area (Å²) in [5.41, 5.74) is 0.0687. The molecule has 0 N–H and O–H groups in total. The van der Waals surface area contributed by atoms with Gasteiger partial charge in [0.25, 0.3) is 0 Å². The molecule has 2 aliphatic rings. The van der Waals surface area contributed by atoms with E-state index in [1.165, 1.54) is 0 Å². The molecular weight excluding hydrogens is 431 g/mol. The van der Waals surface area contributed by atoms with Crippen molar-refractivity contribution in [1.82, 2.24) is 9.80 Å². The highest BCUT2D eigenvalue weighted by Gasteiger charge is 2.53. The third kappa shape index (κ3) is 5.13. The van der Waals surface area contributed by atoms with Crippen molar-refractivity contribution in [3.05, 3.63) is 29.8 Å². The molecule has 0 bridgehead atoms. The molecule has 1 aromatic rings. The van der Waals surface area contributed by atoms with Gasteiger partial charge in [0.15, 0.2) is 0 Å². The summed E-state index contributed by atoms with van der Waals surface area (Å²) in [6.07, 6.45) is -0.466. The average Bonchev–Trinajstić information content (AvgIpc) is 3.04. The molecule has 8 heteroatoms. The highest BCUT2D eigenvalue weighted by molar-refractivity contribution is 6.62. The summed E-state index contributed by atoms with van der Waals surface area (Å²) in [5.74, 6) is -0.0826. The summed E-state index contributed by atoms with van der Waals surface area (Å²) >= 11 is 0. The number of nitrogens with zero attached hydrogens (tertiary/aromatic N) is 2. The van der Waals surface area contributed by atoms with Crippen molar-refractivity contribution in [2.24, 2.45) is 5.41 Å². The molecule has 2 atom stereocenters. The van der Waals surface area contributed by atoms with Crippen molar-refractivity contribution in [2.75, 3.05) is 7.05 Å². The molecule has 2 heterocycles. The third-order valence-electron chi connectivity index (χ3n) is 6.91. The highest BCUT2D eigenvalue weighted by atomic mass is 16.7. The maximum atomic E-state index is 13.3. The summed E-state index contributed by atoms with van der Waals surface area (Å²) in [5, 5.41) is 0. The summed E-state index contributed by atoms with van der Waals surface area (Å²) < 4.78 is 18.0. The normalized spacial score (nSPS) is 24.7. The predicted molar refractivity (Wildman–Crippen MR) is 134 cm³/mol. The SMILES string of the molecule is CN1C(=O)[C@@H](Cc2ccc(B3OC(C)(C)C(C)(C)O3)cc2)N(C(=O)OC(C)(C)C)[C@H]1C(C)(C)C. The Bertz CT molecular complexity index is 914. The van der Waals surface area contributed by atoms with Gasteiger partial charge in [-0.25, -0.2) is 4.79 Å². The van der Waals surface area contributed by atoms with Gasteiger partial charge in [0.2, 0.25) is 5.91 Å². The minimum atomic E-state index is -0.654. The van der Waals surface area contributed by atoms with E-state index >= 15 is 0 Å². The van der Waals surface area contributed by atoms with Gasteiger partial charge in [-0.1, -0.05) is 45.0 Å². The monoisotopic (exact) mass is 472 g/mol. The maximum absolute atomic E-state index is 13.3. The standard InChI is InChI=1S/C26H41BN2O5/c1-23(2,3)21-28(11)20(30)19(29(21)22(31)32-24(4,5)6)16-17-12-14-18(15-13-17)27-33-25(7,8)26(9,10)34-27/h12-15,19,21H,16H2,1-11H3/t19-,21+/m1/s1. The second-order valence-electron chi connectivity index (χ2n) is 12.6. The second kappa shape index (κ2) is 8.56. The van der Waals surface area contributed by atoms with Gasteiger partial charge < -0.3 is 18.9 Å². The lowest BCUT2D eigenvalue weighted by Gasteiger charge is -2.39. The van der Waals surface area contributed by atoms with Crippen LogP contribution in [0.1, 0.15) is 74.8 Å². The zero-order valence-electron chi connectivity index (χ0n) is 22.7. The van der Waals surface area contributed by atoms with Crippen molar-refractivity contribution in [1.29, 1.82) is 0 Å². The van der Waals surface area contributed by atoms with Gasteiger partial charge in [0.1, 0.15) is 17.8 Å². The Kier molecular flexibility index (Phi) is 6.68. The Morgan fingerprint density at radius 2 is 1.50 bits per heavy atom. The zero-order chi connectivity index (χ0) is 25.9. The fraction of sp³-hybridized carbons (Fsp3) is 0.692.